The molecule has 26 heavy (non-hydrogen) atoms. The fourth-order valence-corrected chi connectivity index (χ4v) is 4.26. The lowest BCUT2D eigenvalue weighted by molar-refractivity contribution is -0.122. The van der Waals surface area contributed by atoms with E-state index in [-0.39, 0.29) is 5.92 Å². The van der Waals surface area contributed by atoms with Gasteiger partial charge < -0.3 is 14.4 Å². The van der Waals surface area contributed by atoms with E-state index in [1.165, 1.54) is 0 Å². The van der Waals surface area contributed by atoms with E-state index in [4.69, 9.17) is 9.26 Å². The SMILES string of the molecule is C[C@]1(O)CCOC[C@H]1[C@H]1CCCN1CCc1nc(-c2ccccc2)no1. The van der Waals surface area contributed by atoms with Gasteiger partial charge in [-0.2, -0.15) is 4.98 Å². The van der Waals surface area contributed by atoms with Gasteiger partial charge in [0.25, 0.3) is 0 Å². The number of rotatable bonds is 5. The van der Waals surface area contributed by atoms with Crippen LogP contribution >= 0.6 is 0 Å². The van der Waals surface area contributed by atoms with Crippen molar-refractivity contribution < 1.29 is 14.4 Å². The second-order valence-electron chi connectivity index (χ2n) is 7.66. The van der Waals surface area contributed by atoms with Crippen molar-refractivity contribution in [3.05, 3.63) is 36.2 Å². The van der Waals surface area contributed by atoms with E-state index in [0.29, 0.717) is 37.4 Å². The highest BCUT2D eigenvalue weighted by Crippen LogP contribution is 2.35. The van der Waals surface area contributed by atoms with Crippen LogP contribution in [0.4, 0.5) is 0 Å². The molecular weight excluding hydrogens is 330 g/mol. The Labute approximate surface area is 154 Å². The van der Waals surface area contributed by atoms with Crippen LogP contribution < -0.4 is 0 Å². The van der Waals surface area contributed by atoms with Gasteiger partial charge in [-0.1, -0.05) is 35.5 Å². The molecule has 0 radical (unpaired) electrons. The van der Waals surface area contributed by atoms with Gasteiger partial charge in [0.05, 0.1) is 12.2 Å². The molecule has 0 bridgehead atoms. The molecule has 1 aromatic heterocycles. The van der Waals surface area contributed by atoms with E-state index < -0.39 is 5.60 Å². The Kier molecular flexibility index (Phi) is 5.07. The van der Waals surface area contributed by atoms with Gasteiger partial charge in [-0.15, -0.1) is 0 Å². The summed E-state index contributed by atoms with van der Waals surface area (Å²) in [6, 6.07) is 10.2. The van der Waals surface area contributed by atoms with E-state index in [0.717, 1.165) is 37.9 Å². The summed E-state index contributed by atoms with van der Waals surface area (Å²) < 4.78 is 11.1. The molecule has 3 atom stereocenters. The lowest BCUT2D eigenvalue weighted by Crippen LogP contribution is -2.52. The number of ether oxygens (including phenoxy) is 1. The molecule has 0 aliphatic carbocycles. The lowest BCUT2D eigenvalue weighted by Gasteiger charge is -2.43. The number of likely N-dealkylation sites (tertiary alicyclic amines) is 1. The van der Waals surface area contributed by atoms with Crippen LogP contribution in [0.2, 0.25) is 0 Å². The Morgan fingerprint density at radius 3 is 2.96 bits per heavy atom. The van der Waals surface area contributed by atoms with Gasteiger partial charge in [0, 0.05) is 37.1 Å². The van der Waals surface area contributed by atoms with Gasteiger partial charge >= 0.3 is 0 Å². The third kappa shape index (κ3) is 3.68. The van der Waals surface area contributed by atoms with Crippen molar-refractivity contribution in [2.45, 2.75) is 44.2 Å². The van der Waals surface area contributed by atoms with Crippen molar-refractivity contribution in [2.24, 2.45) is 5.92 Å². The Balaban J connectivity index is 1.39. The van der Waals surface area contributed by atoms with Gasteiger partial charge in [0.2, 0.25) is 11.7 Å². The maximum Gasteiger partial charge on any atom is 0.228 e. The maximum absolute atomic E-state index is 10.8. The van der Waals surface area contributed by atoms with E-state index in [1.54, 1.807) is 0 Å². The van der Waals surface area contributed by atoms with Gasteiger partial charge in [0.1, 0.15) is 0 Å². The summed E-state index contributed by atoms with van der Waals surface area (Å²) >= 11 is 0. The predicted octanol–water partition coefficient (Wildman–Crippen LogP) is 2.53. The predicted molar refractivity (Wildman–Crippen MR) is 97.6 cm³/mol. The fraction of sp³-hybridized carbons (Fsp3) is 0.600. The number of hydrogen-bond acceptors (Lipinski definition) is 6. The van der Waals surface area contributed by atoms with Gasteiger partial charge in [-0.3, -0.25) is 4.90 Å². The average Bonchev–Trinajstić information content (AvgIpc) is 3.30. The summed E-state index contributed by atoms with van der Waals surface area (Å²) in [5, 5.41) is 14.9. The minimum Gasteiger partial charge on any atom is -0.390 e. The lowest BCUT2D eigenvalue weighted by atomic mass is 9.79. The van der Waals surface area contributed by atoms with Crippen LogP contribution in [0.5, 0.6) is 0 Å². The third-order valence-electron chi connectivity index (χ3n) is 5.84. The molecule has 2 aliphatic rings. The van der Waals surface area contributed by atoms with Gasteiger partial charge in [0.15, 0.2) is 0 Å². The van der Waals surface area contributed by atoms with Crippen molar-refractivity contribution in [1.29, 1.82) is 0 Å². The minimum absolute atomic E-state index is 0.168. The minimum atomic E-state index is -0.642. The van der Waals surface area contributed by atoms with Crippen molar-refractivity contribution in [2.75, 3.05) is 26.3 Å². The van der Waals surface area contributed by atoms with Crippen molar-refractivity contribution in [3.8, 4) is 11.4 Å². The molecule has 1 aromatic carbocycles. The van der Waals surface area contributed by atoms with Crippen LogP contribution in [0.25, 0.3) is 11.4 Å². The van der Waals surface area contributed by atoms with E-state index in [1.807, 2.05) is 37.3 Å². The molecule has 0 unspecified atom stereocenters. The van der Waals surface area contributed by atoms with Crippen LogP contribution in [0, 0.1) is 5.92 Å². The Morgan fingerprint density at radius 2 is 2.15 bits per heavy atom. The zero-order valence-corrected chi connectivity index (χ0v) is 15.3. The molecule has 2 aliphatic heterocycles. The van der Waals surface area contributed by atoms with Crippen LogP contribution in [-0.4, -0.2) is 58.1 Å². The summed E-state index contributed by atoms with van der Waals surface area (Å²) in [4.78, 5) is 6.99. The highest BCUT2D eigenvalue weighted by molar-refractivity contribution is 5.53. The standard InChI is InChI=1S/C20H27N3O3/c1-20(24)10-13-25-14-16(20)17-8-5-11-23(17)12-9-18-21-19(22-26-18)15-6-3-2-4-7-15/h2-4,6-7,16-17,24H,5,8-14H2,1H3/t16-,17+,20-/m0/s1. The molecule has 6 nitrogen and oxygen atoms in total. The Hall–Kier alpha value is -1.76. The van der Waals surface area contributed by atoms with E-state index >= 15 is 0 Å². The summed E-state index contributed by atoms with van der Waals surface area (Å²) in [7, 11) is 0. The van der Waals surface area contributed by atoms with Crippen LogP contribution in [0.3, 0.4) is 0 Å². The monoisotopic (exact) mass is 357 g/mol. The van der Waals surface area contributed by atoms with Crippen LogP contribution in [0.15, 0.2) is 34.9 Å². The first-order chi connectivity index (χ1) is 12.6. The third-order valence-corrected chi connectivity index (χ3v) is 5.84. The second-order valence-corrected chi connectivity index (χ2v) is 7.66. The zero-order chi connectivity index (χ0) is 18.0. The largest absolute Gasteiger partial charge is 0.390 e. The fourth-order valence-electron chi connectivity index (χ4n) is 4.26. The molecule has 2 fully saturated rings. The Morgan fingerprint density at radius 1 is 1.31 bits per heavy atom. The van der Waals surface area contributed by atoms with Gasteiger partial charge in [-0.05, 0) is 32.7 Å². The first-order valence-electron chi connectivity index (χ1n) is 9.56. The van der Waals surface area contributed by atoms with Crippen molar-refractivity contribution >= 4 is 0 Å². The van der Waals surface area contributed by atoms with Gasteiger partial charge in [-0.25, -0.2) is 0 Å². The number of aromatic nitrogens is 2. The summed E-state index contributed by atoms with van der Waals surface area (Å²) in [6.07, 6.45) is 3.72. The van der Waals surface area contributed by atoms with Crippen LogP contribution in [0.1, 0.15) is 32.1 Å². The molecule has 0 spiro atoms. The molecule has 2 aromatic rings. The topological polar surface area (TPSA) is 71.6 Å². The summed E-state index contributed by atoms with van der Waals surface area (Å²) in [5.41, 5.74) is 0.327. The first-order valence-corrected chi connectivity index (χ1v) is 9.56. The molecule has 1 N–H and O–H groups in total. The van der Waals surface area contributed by atoms with Crippen molar-refractivity contribution in [3.63, 3.8) is 0 Å². The molecule has 4 rings (SSSR count). The Bertz CT molecular complexity index is 716. The highest BCUT2D eigenvalue weighted by atomic mass is 16.5. The molecular formula is C20H27N3O3. The van der Waals surface area contributed by atoms with E-state index in [9.17, 15) is 5.11 Å². The molecule has 0 saturated carbocycles. The summed E-state index contributed by atoms with van der Waals surface area (Å²) in [6.45, 7) is 5.18. The van der Waals surface area contributed by atoms with Crippen molar-refractivity contribution in [1.82, 2.24) is 15.0 Å². The zero-order valence-electron chi connectivity index (χ0n) is 15.3. The number of benzene rings is 1. The first kappa shape index (κ1) is 17.6. The summed E-state index contributed by atoms with van der Waals surface area (Å²) in [5.74, 6) is 1.48. The van der Waals surface area contributed by atoms with E-state index in [2.05, 4.69) is 15.0 Å². The highest BCUT2D eigenvalue weighted by Gasteiger charge is 2.43. The normalized spacial score (nSPS) is 29.9. The number of hydrogen-bond donors (Lipinski definition) is 1. The molecule has 2 saturated heterocycles. The molecule has 6 heteroatoms. The number of nitrogens with zero attached hydrogens (tertiary/aromatic N) is 3. The second kappa shape index (κ2) is 7.47. The number of aliphatic hydroxyl groups is 1. The molecule has 3 heterocycles. The average molecular weight is 357 g/mol. The van der Waals surface area contributed by atoms with Crippen LogP contribution in [-0.2, 0) is 11.2 Å². The smallest absolute Gasteiger partial charge is 0.228 e. The quantitative estimate of drug-likeness (QED) is 0.887. The molecule has 140 valence electrons. The maximum atomic E-state index is 10.8. The molecule has 0 amide bonds.